The molecule has 0 saturated heterocycles. The fourth-order valence-electron chi connectivity index (χ4n) is 5.59. The number of nitrogens with zero attached hydrogens (tertiary/aromatic N) is 2. The van der Waals surface area contributed by atoms with E-state index in [2.05, 4.69) is 0 Å². The van der Waals surface area contributed by atoms with E-state index in [0.29, 0.717) is 35.3 Å². The number of guanidine groups is 1. The lowest BCUT2D eigenvalue weighted by molar-refractivity contribution is -0.144. The first-order valence-electron chi connectivity index (χ1n) is 10.3. The van der Waals surface area contributed by atoms with Gasteiger partial charge in [0, 0.05) is 6.54 Å². The van der Waals surface area contributed by atoms with Crippen LogP contribution in [0.4, 0.5) is 13.2 Å². The molecule has 0 aromatic heterocycles. The van der Waals surface area contributed by atoms with Crippen molar-refractivity contribution in [2.45, 2.75) is 57.7 Å². The van der Waals surface area contributed by atoms with Crippen molar-refractivity contribution in [3.8, 4) is 6.07 Å². The summed E-state index contributed by atoms with van der Waals surface area (Å²) in [6.45, 7) is 3.07. The molecule has 31 heavy (non-hydrogen) atoms. The standard InChI is InChI=1S/C22H27F3N4O2/c1-12-8-21(9-13(2)18(12)30)10-15-4-3-14(11-26)7-16(15)17(21)19(31)29(20(27)28)6-5-22(23,24)25/h3-4,7,12-13,17-18,30H,5-6,8-10H2,1-2H3,(H3,27,28)/t12-,13+,17-,18?,21?/m0/s1. The molecule has 1 amide bonds. The third kappa shape index (κ3) is 4.40. The Kier molecular flexibility index (Phi) is 6.07. The van der Waals surface area contributed by atoms with Crippen LogP contribution in [-0.2, 0) is 11.2 Å². The molecule has 6 nitrogen and oxygen atoms in total. The van der Waals surface area contributed by atoms with Crippen LogP contribution >= 0.6 is 0 Å². The molecule has 9 heteroatoms. The van der Waals surface area contributed by atoms with Crippen molar-refractivity contribution in [2.75, 3.05) is 6.54 Å². The number of alkyl halides is 3. The van der Waals surface area contributed by atoms with E-state index >= 15 is 0 Å². The number of carbonyl (C=O) groups is 1. The molecule has 1 aromatic carbocycles. The number of rotatable bonds is 3. The summed E-state index contributed by atoms with van der Waals surface area (Å²) in [5, 5.41) is 27.5. The Morgan fingerprint density at radius 2 is 1.97 bits per heavy atom. The summed E-state index contributed by atoms with van der Waals surface area (Å²) in [6, 6.07) is 7.12. The highest BCUT2D eigenvalue weighted by atomic mass is 19.4. The number of halogens is 3. The van der Waals surface area contributed by atoms with Crippen LogP contribution in [0.25, 0.3) is 0 Å². The molecule has 0 bridgehead atoms. The smallest absolute Gasteiger partial charge is 0.390 e. The van der Waals surface area contributed by atoms with Crippen molar-refractivity contribution in [1.29, 1.82) is 10.7 Å². The molecule has 1 spiro atoms. The topological polar surface area (TPSA) is 114 Å². The first kappa shape index (κ1) is 23.1. The lowest BCUT2D eigenvalue weighted by Gasteiger charge is -2.47. The second-order valence-corrected chi connectivity index (χ2v) is 9.09. The highest BCUT2D eigenvalue weighted by molar-refractivity contribution is 5.99. The van der Waals surface area contributed by atoms with Crippen LogP contribution in [-0.4, -0.2) is 40.7 Å². The Morgan fingerprint density at radius 1 is 1.35 bits per heavy atom. The zero-order valence-electron chi connectivity index (χ0n) is 17.5. The van der Waals surface area contributed by atoms with Crippen molar-refractivity contribution in [2.24, 2.45) is 23.0 Å². The number of hydrogen-bond acceptors (Lipinski definition) is 4. The molecule has 2 aliphatic rings. The summed E-state index contributed by atoms with van der Waals surface area (Å²) >= 11 is 0. The summed E-state index contributed by atoms with van der Waals surface area (Å²) in [5.41, 5.74) is 6.75. The first-order valence-corrected chi connectivity index (χ1v) is 10.3. The van der Waals surface area contributed by atoms with Crippen LogP contribution in [0, 0.1) is 34.0 Å². The van der Waals surface area contributed by atoms with Crippen molar-refractivity contribution in [1.82, 2.24) is 4.90 Å². The predicted molar refractivity (Wildman–Crippen MR) is 108 cm³/mol. The molecule has 0 heterocycles. The zero-order chi connectivity index (χ0) is 23.1. The summed E-state index contributed by atoms with van der Waals surface area (Å²) in [4.78, 5) is 14.3. The van der Waals surface area contributed by atoms with Gasteiger partial charge in [-0.15, -0.1) is 0 Å². The molecule has 2 unspecified atom stereocenters. The average molecular weight is 436 g/mol. The molecule has 168 valence electrons. The minimum absolute atomic E-state index is 0.107. The molecular formula is C22H27F3N4O2. The van der Waals surface area contributed by atoms with Crippen molar-refractivity contribution >= 4 is 11.9 Å². The summed E-state index contributed by atoms with van der Waals surface area (Å²) in [6.07, 6.45) is -4.75. The number of aliphatic hydroxyl groups is 1. The number of nitriles is 1. The molecule has 3 rings (SSSR count). The molecule has 1 aromatic rings. The third-order valence-electron chi connectivity index (χ3n) is 6.79. The van der Waals surface area contributed by atoms with Gasteiger partial charge in [-0.3, -0.25) is 15.1 Å². The maximum atomic E-state index is 13.6. The van der Waals surface area contributed by atoms with Crippen molar-refractivity contribution in [3.05, 3.63) is 34.9 Å². The molecule has 1 fully saturated rings. The summed E-state index contributed by atoms with van der Waals surface area (Å²) in [7, 11) is 0. The van der Waals surface area contributed by atoms with Crippen molar-refractivity contribution < 1.29 is 23.1 Å². The Hall–Kier alpha value is -2.60. The molecule has 0 aliphatic heterocycles. The fraction of sp³-hybridized carbons (Fsp3) is 0.591. The zero-order valence-corrected chi connectivity index (χ0v) is 17.5. The van der Waals surface area contributed by atoms with Gasteiger partial charge in [-0.25, -0.2) is 0 Å². The number of nitrogens with one attached hydrogen (secondary N) is 1. The number of fused-ring (bicyclic) bond motifs is 1. The number of amides is 1. The minimum Gasteiger partial charge on any atom is -0.393 e. The number of carbonyl (C=O) groups excluding carboxylic acids is 1. The Balaban J connectivity index is 2.06. The fourth-order valence-corrected chi connectivity index (χ4v) is 5.59. The van der Waals surface area contributed by atoms with Gasteiger partial charge < -0.3 is 10.8 Å². The number of aliphatic hydroxyl groups excluding tert-OH is 1. The highest BCUT2D eigenvalue weighted by Gasteiger charge is 2.55. The van der Waals surface area contributed by atoms with E-state index in [1.807, 2.05) is 19.9 Å². The molecular weight excluding hydrogens is 409 g/mol. The van der Waals surface area contributed by atoms with Crippen LogP contribution < -0.4 is 5.73 Å². The Labute approximate surface area is 179 Å². The van der Waals surface area contributed by atoms with E-state index in [-0.39, 0.29) is 11.8 Å². The second kappa shape index (κ2) is 8.15. The molecule has 1 saturated carbocycles. The van der Waals surface area contributed by atoms with Crippen LogP contribution in [0.1, 0.15) is 55.7 Å². The largest absolute Gasteiger partial charge is 0.393 e. The van der Waals surface area contributed by atoms with Crippen LogP contribution in [0.5, 0.6) is 0 Å². The highest BCUT2D eigenvalue weighted by Crippen LogP contribution is 2.58. The minimum atomic E-state index is -4.49. The second-order valence-electron chi connectivity index (χ2n) is 9.09. The number of benzene rings is 1. The summed E-state index contributed by atoms with van der Waals surface area (Å²) < 4.78 is 38.5. The number of hydrogen-bond donors (Lipinski definition) is 3. The van der Waals surface area contributed by atoms with E-state index < -0.39 is 48.4 Å². The van der Waals surface area contributed by atoms with Gasteiger partial charge in [0.15, 0.2) is 5.96 Å². The van der Waals surface area contributed by atoms with Gasteiger partial charge in [0.2, 0.25) is 5.91 Å². The van der Waals surface area contributed by atoms with Gasteiger partial charge in [-0.05, 0) is 59.8 Å². The normalized spacial score (nSPS) is 30.0. The molecule has 0 radical (unpaired) electrons. The SMILES string of the molecule is C[C@@H]1CC2(Cc3ccc(C#N)cc3[C@H]2C(=O)N(CCC(F)(F)F)C(=N)N)C[C@H](C)C1O. The Bertz CT molecular complexity index is 912. The lowest BCUT2D eigenvalue weighted by atomic mass is 9.59. The van der Waals surface area contributed by atoms with Crippen molar-refractivity contribution in [3.63, 3.8) is 0 Å². The predicted octanol–water partition coefficient (Wildman–Crippen LogP) is 3.29. The third-order valence-corrected chi connectivity index (χ3v) is 6.79. The van der Waals surface area contributed by atoms with E-state index in [0.717, 1.165) is 5.56 Å². The van der Waals surface area contributed by atoms with E-state index in [4.69, 9.17) is 11.1 Å². The van der Waals surface area contributed by atoms with Crippen LogP contribution in [0.3, 0.4) is 0 Å². The molecule has 5 atom stereocenters. The maximum absolute atomic E-state index is 13.6. The quantitative estimate of drug-likeness (QED) is 0.498. The van der Waals surface area contributed by atoms with Gasteiger partial charge in [-0.2, -0.15) is 18.4 Å². The van der Waals surface area contributed by atoms with E-state index in [9.17, 15) is 28.3 Å². The Morgan fingerprint density at radius 3 is 2.48 bits per heavy atom. The maximum Gasteiger partial charge on any atom is 0.390 e. The van der Waals surface area contributed by atoms with E-state index in [1.165, 1.54) is 0 Å². The molecule has 2 aliphatic carbocycles. The van der Waals surface area contributed by atoms with Gasteiger partial charge in [-0.1, -0.05) is 19.9 Å². The monoisotopic (exact) mass is 436 g/mol. The lowest BCUT2D eigenvalue weighted by Crippen LogP contribution is -2.51. The summed E-state index contributed by atoms with van der Waals surface area (Å²) in [5.74, 6) is -2.42. The van der Waals surface area contributed by atoms with Crippen LogP contribution in [0.15, 0.2) is 18.2 Å². The van der Waals surface area contributed by atoms with Crippen LogP contribution in [0.2, 0.25) is 0 Å². The van der Waals surface area contributed by atoms with E-state index in [1.54, 1.807) is 18.2 Å². The van der Waals surface area contributed by atoms with Gasteiger partial charge in [0.1, 0.15) is 0 Å². The van der Waals surface area contributed by atoms with Gasteiger partial charge in [0.25, 0.3) is 0 Å². The first-order chi connectivity index (χ1) is 14.4. The number of nitrogens with two attached hydrogens (primary N) is 1. The van der Waals surface area contributed by atoms with Gasteiger partial charge in [0.05, 0.1) is 30.1 Å². The van der Waals surface area contributed by atoms with Gasteiger partial charge >= 0.3 is 6.18 Å². The molecule has 4 N–H and O–H groups in total. The average Bonchev–Trinajstić information content (AvgIpc) is 2.96.